The van der Waals surface area contributed by atoms with E-state index in [9.17, 15) is 9.90 Å². The minimum absolute atomic E-state index is 0.120. The molecular weight excluding hydrogens is 514 g/mol. The summed E-state index contributed by atoms with van der Waals surface area (Å²) in [6.45, 7) is 4.20. The molecule has 5 rings (SSSR count). The average molecular weight is 552 g/mol. The zero-order valence-corrected chi connectivity index (χ0v) is 23.4. The van der Waals surface area contributed by atoms with Crippen LogP contribution >= 0.6 is 11.6 Å². The van der Waals surface area contributed by atoms with Crippen molar-refractivity contribution in [2.45, 2.75) is 76.7 Å². The molecule has 4 N–H and O–H groups in total. The van der Waals surface area contributed by atoms with Crippen LogP contribution in [0.2, 0.25) is 5.02 Å². The van der Waals surface area contributed by atoms with Crippen LogP contribution < -0.4 is 20.7 Å². The molecule has 0 spiro atoms. The number of pyridine rings is 1. The van der Waals surface area contributed by atoms with Crippen molar-refractivity contribution in [3.63, 3.8) is 0 Å². The molecule has 1 amide bonds. The molecule has 9 heteroatoms. The van der Waals surface area contributed by atoms with Gasteiger partial charge in [-0.1, -0.05) is 17.7 Å². The van der Waals surface area contributed by atoms with Gasteiger partial charge in [-0.25, -0.2) is 4.98 Å². The Labute approximate surface area is 235 Å². The number of methoxy groups -OCH3 is 1. The van der Waals surface area contributed by atoms with Gasteiger partial charge in [0.1, 0.15) is 0 Å². The fourth-order valence-corrected chi connectivity index (χ4v) is 5.83. The molecule has 8 nitrogen and oxygen atoms in total. The van der Waals surface area contributed by atoms with E-state index >= 15 is 0 Å². The quantitative estimate of drug-likeness (QED) is 0.300. The summed E-state index contributed by atoms with van der Waals surface area (Å²) in [5, 5.41) is 20.5. The summed E-state index contributed by atoms with van der Waals surface area (Å²) in [4.78, 5) is 16.2. The normalized spacial score (nSPS) is 21.2. The smallest absolute Gasteiger partial charge is 0.220 e. The van der Waals surface area contributed by atoms with Gasteiger partial charge in [-0.3, -0.25) is 4.79 Å². The maximum atomic E-state index is 11.4. The Balaban J connectivity index is 1.27. The summed E-state index contributed by atoms with van der Waals surface area (Å²) in [5.41, 5.74) is 5.98. The number of carbonyl (C=O) groups excluding carboxylic acids is 1. The van der Waals surface area contributed by atoms with Crippen LogP contribution in [0.25, 0.3) is 16.9 Å². The summed E-state index contributed by atoms with van der Waals surface area (Å²) in [7, 11) is 1.62. The summed E-state index contributed by atoms with van der Waals surface area (Å²) >= 11 is 6.81. The molecule has 2 aromatic heterocycles. The van der Waals surface area contributed by atoms with Crippen molar-refractivity contribution in [1.82, 2.24) is 25.5 Å². The number of aliphatic hydroxyl groups excluding tert-OH is 1. The van der Waals surface area contributed by atoms with Crippen molar-refractivity contribution in [3.05, 3.63) is 64.4 Å². The third kappa shape index (κ3) is 6.64. The van der Waals surface area contributed by atoms with Crippen molar-refractivity contribution < 1.29 is 14.6 Å². The minimum Gasteiger partial charge on any atom is -0.481 e. The van der Waals surface area contributed by atoms with Crippen LogP contribution in [0, 0.1) is 6.92 Å². The highest BCUT2D eigenvalue weighted by Crippen LogP contribution is 2.32. The molecule has 1 saturated heterocycles. The largest absolute Gasteiger partial charge is 0.481 e. The zero-order valence-electron chi connectivity index (χ0n) is 22.7. The standard InChI is InChI=1S/C30H38ClN5O3/c1-19-13-14-36(28(19)18-33-21-4-8-24(37)9-5-21)23-7-10-25(26(31)15-23)27-11-3-20(30(35-27)39-2)16-32-17-22-6-12-29(38)34-22/h3,7,10-11,13-15,21-22,24,32-33,37H,4-6,8-9,12,16-18H2,1-2H3,(H,34,38)/t21?,22-,24?/m0/s1. The van der Waals surface area contributed by atoms with Crippen molar-refractivity contribution in [2.24, 2.45) is 0 Å². The Morgan fingerprint density at radius 3 is 2.67 bits per heavy atom. The van der Waals surface area contributed by atoms with Crippen LogP contribution in [0.1, 0.15) is 55.3 Å². The van der Waals surface area contributed by atoms with E-state index in [4.69, 9.17) is 21.3 Å². The van der Waals surface area contributed by atoms with E-state index < -0.39 is 0 Å². The Morgan fingerprint density at radius 1 is 1.13 bits per heavy atom. The van der Waals surface area contributed by atoms with E-state index in [-0.39, 0.29) is 18.1 Å². The molecule has 1 aromatic carbocycles. The fraction of sp³-hybridized carbons (Fsp3) is 0.467. The number of aromatic nitrogens is 2. The van der Waals surface area contributed by atoms with Gasteiger partial charge in [-0.2, -0.15) is 0 Å². The lowest BCUT2D eigenvalue weighted by atomic mass is 9.93. The third-order valence-corrected chi connectivity index (χ3v) is 8.22. The van der Waals surface area contributed by atoms with E-state index in [0.717, 1.165) is 61.2 Å². The molecule has 3 aromatic rings. The highest BCUT2D eigenvalue weighted by atomic mass is 35.5. The highest BCUT2D eigenvalue weighted by molar-refractivity contribution is 6.33. The summed E-state index contributed by atoms with van der Waals surface area (Å²) in [6, 6.07) is 12.8. The number of hydrogen-bond donors (Lipinski definition) is 4. The Kier molecular flexibility index (Phi) is 8.87. The average Bonchev–Trinajstić information content (AvgIpc) is 3.53. The number of aryl methyl sites for hydroxylation is 1. The molecule has 0 bridgehead atoms. The first-order chi connectivity index (χ1) is 18.9. The van der Waals surface area contributed by atoms with Gasteiger partial charge in [0.25, 0.3) is 0 Å². The molecular formula is C30H38ClN5O3. The van der Waals surface area contributed by atoms with Crippen LogP contribution in [-0.2, 0) is 17.9 Å². The zero-order chi connectivity index (χ0) is 27.4. The molecule has 1 saturated carbocycles. The summed E-state index contributed by atoms with van der Waals surface area (Å²) in [5.74, 6) is 0.675. The van der Waals surface area contributed by atoms with Gasteiger partial charge >= 0.3 is 0 Å². The monoisotopic (exact) mass is 551 g/mol. The molecule has 0 unspecified atom stereocenters. The van der Waals surface area contributed by atoms with E-state index in [1.54, 1.807) is 7.11 Å². The molecule has 1 aliphatic heterocycles. The first kappa shape index (κ1) is 27.6. The SMILES string of the molecule is COc1nc(-c2ccc(-n3ccc(C)c3CNC3CCC(O)CC3)cc2Cl)ccc1CNC[C@@H]1CCC(=O)N1. The number of halogens is 1. The molecule has 2 aliphatic rings. The van der Waals surface area contributed by atoms with Gasteiger partial charge in [0.15, 0.2) is 0 Å². The van der Waals surface area contributed by atoms with Crippen molar-refractivity contribution in [2.75, 3.05) is 13.7 Å². The number of aliphatic hydroxyl groups is 1. The second-order valence-corrected chi connectivity index (χ2v) is 11.1. The molecule has 39 heavy (non-hydrogen) atoms. The molecule has 0 radical (unpaired) electrons. The number of amides is 1. The lowest BCUT2D eigenvalue weighted by Gasteiger charge is -2.26. The van der Waals surface area contributed by atoms with Crippen LogP contribution in [-0.4, -0.2) is 52.4 Å². The summed E-state index contributed by atoms with van der Waals surface area (Å²) in [6.07, 6.45) is 7.14. The second kappa shape index (κ2) is 12.5. The Bertz CT molecular complexity index is 1300. The van der Waals surface area contributed by atoms with Gasteiger partial charge in [0.05, 0.1) is 23.9 Å². The molecule has 1 atom stereocenters. The lowest BCUT2D eigenvalue weighted by molar-refractivity contribution is -0.119. The van der Waals surface area contributed by atoms with Gasteiger partial charge < -0.3 is 30.4 Å². The Morgan fingerprint density at radius 2 is 1.95 bits per heavy atom. The number of hydrogen-bond acceptors (Lipinski definition) is 6. The number of benzene rings is 1. The van der Waals surface area contributed by atoms with Gasteiger partial charge in [-0.05, 0) is 74.9 Å². The maximum absolute atomic E-state index is 11.4. The first-order valence-corrected chi connectivity index (χ1v) is 14.2. The molecule has 3 heterocycles. The van der Waals surface area contributed by atoms with Crippen LogP contribution in [0.4, 0.5) is 0 Å². The number of nitrogens with zero attached hydrogens (tertiary/aromatic N) is 2. The van der Waals surface area contributed by atoms with Crippen molar-refractivity contribution in [3.8, 4) is 22.8 Å². The molecule has 1 aliphatic carbocycles. The van der Waals surface area contributed by atoms with Gasteiger partial charge in [0, 0.05) is 66.8 Å². The van der Waals surface area contributed by atoms with E-state index in [1.807, 2.05) is 24.3 Å². The highest BCUT2D eigenvalue weighted by Gasteiger charge is 2.21. The number of rotatable bonds is 10. The number of ether oxygens (including phenoxy) is 1. The predicted molar refractivity (Wildman–Crippen MR) is 153 cm³/mol. The van der Waals surface area contributed by atoms with Crippen molar-refractivity contribution >= 4 is 17.5 Å². The molecule has 2 fully saturated rings. The minimum atomic E-state index is -0.149. The maximum Gasteiger partial charge on any atom is 0.220 e. The Hall–Kier alpha value is -2.91. The first-order valence-electron chi connectivity index (χ1n) is 13.8. The lowest BCUT2D eigenvalue weighted by Crippen LogP contribution is -2.35. The van der Waals surface area contributed by atoms with E-state index in [1.165, 1.54) is 11.3 Å². The fourth-order valence-electron chi connectivity index (χ4n) is 5.55. The van der Waals surface area contributed by atoms with E-state index in [0.29, 0.717) is 36.5 Å². The van der Waals surface area contributed by atoms with Gasteiger partial charge in [0.2, 0.25) is 11.8 Å². The van der Waals surface area contributed by atoms with Crippen molar-refractivity contribution in [1.29, 1.82) is 0 Å². The van der Waals surface area contributed by atoms with Crippen LogP contribution in [0.3, 0.4) is 0 Å². The topological polar surface area (TPSA) is 100 Å². The van der Waals surface area contributed by atoms with E-state index in [2.05, 4.69) is 45.8 Å². The van der Waals surface area contributed by atoms with Crippen LogP contribution in [0.5, 0.6) is 5.88 Å². The molecule has 208 valence electrons. The summed E-state index contributed by atoms with van der Waals surface area (Å²) < 4.78 is 7.78. The third-order valence-electron chi connectivity index (χ3n) is 7.90. The predicted octanol–water partition coefficient (Wildman–Crippen LogP) is 4.27. The van der Waals surface area contributed by atoms with Crippen LogP contribution in [0.15, 0.2) is 42.6 Å². The van der Waals surface area contributed by atoms with Gasteiger partial charge in [-0.15, -0.1) is 0 Å². The number of carbonyl (C=O) groups is 1. The number of nitrogens with one attached hydrogen (secondary N) is 3. The second-order valence-electron chi connectivity index (χ2n) is 10.7.